The molecule has 1 aromatic carbocycles. The van der Waals surface area contributed by atoms with Gasteiger partial charge in [0.15, 0.2) is 0 Å². The Kier molecular flexibility index (Phi) is 4.27. The van der Waals surface area contributed by atoms with Crippen LogP contribution < -0.4 is 5.32 Å². The SMILES string of the molecule is Cc1ccc(F)c(C(=O)N[C@H]2C[C@H]3CO[C@@H](C4CC4)CN3C2)c1Cl. The van der Waals surface area contributed by atoms with Crippen LogP contribution in [0.1, 0.15) is 35.2 Å². The van der Waals surface area contributed by atoms with Crippen LogP contribution in [0.2, 0.25) is 5.02 Å². The third-order valence-corrected chi connectivity index (χ3v) is 5.93. The van der Waals surface area contributed by atoms with Crippen LogP contribution in [0.5, 0.6) is 0 Å². The van der Waals surface area contributed by atoms with Crippen LogP contribution in [-0.4, -0.2) is 48.7 Å². The van der Waals surface area contributed by atoms with Crippen LogP contribution in [0.3, 0.4) is 0 Å². The van der Waals surface area contributed by atoms with Gasteiger partial charge in [0.05, 0.1) is 23.3 Å². The van der Waals surface area contributed by atoms with Gasteiger partial charge in [-0.05, 0) is 43.7 Å². The number of carbonyl (C=O) groups excluding carboxylic acids is 1. The van der Waals surface area contributed by atoms with E-state index in [1.165, 1.54) is 18.9 Å². The number of halogens is 2. The van der Waals surface area contributed by atoms with Crippen molar-refractivity contribution in [3.05, 3.63) is 34.1 Å². The first kappa shape index (κ1) is 16.3. The first-order valence-corrected chi connectivity index (χ1v) is 9.02. The van der Waals surface area contributed by atoms with Crippen LogP contribution in [0, 0.1) is 18.7 Å². The Morgan fingerprint density at radius 2 is 2.17 bits per heavy atom. The molecule has 0 aromatic heterocycles. The number of amides is 1. The lowest BCUT2D eigenvalue weighted by molar-refractivity contribution is -0.0581. The summed E-state index contributed by atoms with van der Waals surface area (Å²) < 4.78 is 20.0. The molecule has 4 rings (SSSR count). The number of nitrogens with one attached hydrogen (secondary N) is 1. The molecule has 2 heterocycles. The molecule has 0 radical (unpaired) electrons. The lowest BCUT2D eigenvalue weighted by Gasteiger charge is -2.35. The van der Waals surface area contributed by atoms with E-state index >= 15 is 0 Å². The van der Waals surface area contributed by atoms with E-state index in [2.05, 4.69) is 10.2 Å². The van der Waals surface area contributed by atoms with Gasteiger partial charge in [-0.3, -0.25) is 9.69 Å². The molecule has 3 aliphatic rings. The second-order valence-corrected chi connectivity index (χ2v) is 7.65. The second-order valence-electron chi connectivity index (χ2n) is 7.28. The third kappa shape index (κ3) is 3.05. The molecule has 1 N–H and O–H groups in total. The molecule has 24 heavy (non-hydrogen) atoms. The van der Waals surface area contributed by atoms with Gasteiger partial charge in [-0.15, -0.1) is 0 Å². The molecule has 1 saturated carbocycles. The summed E-state index contributed by atoms with van der Waals surface area (Å²) in [6, 6.07) is 3.24. The van der Waals surface area contributed by atoms with E-state index in [-0.39, 0.29) is 16.6 Å². The van der Waals surface area contributed by atoms with Crippen molar-refractivity contribution in [3.63, 3.8) is 0 Å². The quantitative estimate of drug-likeness (QED) is 0.909. The molecule has 1 aliphatic carbocycles. The van der Waals surface area contributed by atoms with Gasteiger partial charge in [-0.25, -0.2) is 4.39 Å². The molecule has 0 spiro atoms. The highest BCUT2D eigenvalue weighted by molar-refractivity contribution is 6.34. The number of fused-ring (bicyclic) bond motifs is 1. The summed E-state index contributed by atoms with van der Waals surface area (Å²) in [7, 11) is 0. The van der Waals surface area contributed by atoms with E-state index in [1.807, 2.05) is 0 Å². The maximum atomic E-state index is 14.0. The van der Waals surface area contributed by atoms with E-state index in [1.54, 1.807) is 13.0 Å². The van der Waals surface area contributed by atoms with Crippen molar-refractivity contribution in [3.8, 4) is 0 Å². The fraction of sp³-hybridized carbons (Fsp3) is 0.611. The summed E-state index contributed by atoms with van der Waals surface area (Å²) in [5.41, 5.74) is 0.654. The van der Waals surface area contributed by atoms with Crippen molar-refractivity contribution in [2.75, 3.05) is 19.7 Å². The van der Waals surface area contributed by atoms with Crippen molar-refractivity contribution in [1.82, 2.24) is 10.2 Å². The lowest BCUT2D eigenvalue weighted by Crippen LogP contribution is -2.47. The molecule has 4 nitrogen and oxygen atoms in total. The molecule has 3 fully saturated rings. The number of hydrogen-bond acceptors (Lipinski definition) is 3. The summed E-state index contributed by atoms with van der Waals surface area (Å²) in [6.45, 7) is 4.24. The van der Waals surface area contributed by atoms with Crippen molar-refractivity contribution in [2.45, 2.75) is 44.4 Å². The Labute approximate surface area is 146 Å². The Hall–Kier alpha value is -1.17. The lowest BCUT2D eigenvalue weighted by atomic mass is 10.1. The van der Waals surface area contributed by atoms with E-state index < -0.39 is 11.7 Å². The molecular weight excluding hydrogens is 331 g/mol. The average molecular weight is 353 g/mol. The van der Waals surface area contributed by atoms with Crippen LogP contribution in [0.15, 0.2) is 12.1 Å². The smallest absolute Gasteiger partial charge is 0.256 e. The highest BCUT2D eigenvalue weighted by Gasteiger charge is 2.42. The average Bonchev–Trinajstić information content (AvgIpc) is 3.31. The van der Waals surface area contributed by atoms with Gasteiger partial charge in [-0.1, -0.05) is 17.7 Å². The minimum atomic E-state index is -0.573. The molecule has 1 aromatic rings. The normalized spacial score (nSPS) is 30.2. The minimum Gasteiger partial charge on any atom is -0.375 e. The predicted molar refractivity (Wildman–Crippen MR) is 89.8 cm³/mol. The summed E-state index contributed by atoms with van der Waals surface area (Å²) in [6.07, 6.45) is 3.73. The number of rotatable bonds is 3. The number of nitrogens with zero attached hydrogens (tertiary/aromatic N) is 1. The minimum absolute atomic E-state index is 0.0139. The van der Waals surface area contributed by atoms with Gasteiger partial charge >= 0.3 is 0 Å². The Morgan fingerprint density at radius 3 is 2.92 bits per heavy atom. The van der Waals surface area contributed by atoms with Crippen LogP contribution in [-0.2, 0) is 4.74 Å². The summed E-state index contributed by atoms with van der Waals surface area (Å²) in [5, 5.41) is 3.15. The van der Waals surface area contributed by atoms with Crippen LogP contribution in [0.25, 0.3) is 0 Å². The highest BCUT2D eigenvalue weighted by Crippen LogP contribution is 2.38. The van der Waals surface area contributed by atoms with E-state index in [4.69, 9.17) is 16.3 Å². The zero-order valence-corrected chi connectivity index (χ0v) is 14.5. The molecular formula is C18H22ClFN2O2. The van der Waals surface area contributed by atoms with Gasteiger partial charge in [0.2, 0.25) is 0 Å². The fourth-order valence-electron chi connectivity index (χ4n) is 3.88. The summed E-state index contributed by atoms with van der Waals surface area (Å²) in [4.78, 5) is 14.9. The molecule has 6 heteroatoms. The standard InChI is InChI=1S/C18H22ClFN2O2/c1-10-2-5-14(20)16(17(10)19)18(23)21-12-6-13-9-24-15(11-3-4-11)8-22(13)7-12/h2,5,11-13,15H,3-4,6-9H2,1H3,(H,21,23)/t12-,13-,15+/m0/s1. The molecule has 0 unspecified atom stereocenters. The van der Waals surface area contributed by atoms with E-state index in [9.17, 15) is 9.18 Å². The number of benzene rings is 1. The maximum absolute atomic E-state index is 14.0. The Morgan fingerprint density at radius 1 is 1.38 bits per heavy atom. The number of aryl methyl sites for hydroxylation is 1. The molecule has 2 aliphatic heterocycles. The Bertz CT molecular complexity index is 665. The molecule has 3 atom stereocenters. The topological polar surface area (TPSA) is 41.6 Å². The number of morpholine rings is 1. The van der Waals surface area contributed by atoms with Crippen LogP contribution >= 0.6 is 11.6 Å². The van der Waals surface area contributed by atoms with Crippen molar-refractivity contribution in [2.24, 2.45) is 5.92 Å². The third-order valence-electron chi connectivity index (χ3n) is 5.44. The zero-order valence-electron chi connectivity index (χ0n) is 13.7. The molecule has 0 bridgehead atoms. The van der Waals surface area contributed by atoms with Crippen LogP contribution in [0.4, 0.5) is 4.39 Å². The van der Waals surface area contributed by atoms with Crippen molar-refractivity contribution >= 4 is 17.5 Å². The van der Waals surface area contributed by atoms with Gasteiger partial charge in [0, 0.05) is 25.2 Å². The summed E-state index contributed by atoms with van der Waals surface area (Å²) >= 11 is 6.13. The number of ether oxygens (including phenoxy) is 1. The van der Waals surface area contributed by atoms with Gasteiger partial charge in [0.1, 0.15) is 5.82 Å². The fourth-order valence-corrected chi connectivity index (χ4v) is 4.12. The maximum Gasteiger partial charge on any atom is 0.256 e. The van der Waals surface area contributed by atoms with Gasteiger partial charge in [-0.2, -0.15) is 0 Å². The largest absolute Gasteiger partial charge is 0.375 e. The van der Waals surface area contributed by atoms with Gasteiger partial charge in [0.25, 0.3) is 5.91 Å². The van der Waals surface area contributed by atoms with Gasteiger partial charge < -0.3 is 10.1 Å². The molecule has 1 amide bonds. The van der Waals surface area contributed by atoms with E-state index in [0.29, 0.717) is 17.7 Å². The summed E-state index contributed by atoms with van der Waals surface area (Å²) in [5.74, 6) is -0.276. The highest BCUT2D eigenvalue weighted by atomic mass is 35.5. The second kappa shape index (κ2) is 6.28. The first-order valence-electron chi connectivity index (χ1n) is 8.64. The first-order chi connectivity index (χ1) is 11.5. The predicted octanol–water partition coefficient (Wildman–Crippen LogP) is 2.77. The number of hydrogen-bond donors (Lipinski definition) is 1. The monoisotopic (exact) mass is 352 g/mol. The van der Waals surface area contributed by atoms with E-state index in [0.717, 1.165) is 32.0 Å². The van der Waals surface area contributed by atoms with Crippen molar-refractivity contribution in [1.29, 1.82) is 0 Å². The Balaban J connectivity index is 1.41. The van der Waals surface area contributed by atoms with Crippen molar-refractivity contribution < 1.29 is 13.9 Å². The number of carbonyl (C=O) groups is 1. The zero-order chi connectivity index (χ0) is 16.8. The molecule has 2 saturated heterocycles. The molecule has 130 valence electrons.